The molecular formula is C38H30OS. The van der Waals surface area contributed by atoms with Crippen molar-refractivity contribution in [2.75, 3.05) is 0 Å². The Labute approximate surface area is 237 Å². The van der Waals surface area contributed by atoms with E-state index in [1.54, 1.807) is 0 Å². The van der Waals surface area contributed by atoms with Crippen molar-refractivity contribution in [3.63, 3.8) is 0 Å². The third-order valence-corrected chi connectivity index (χ3v) is 9.85. The Balaban J connectivity index is 1.26. The van der Waals surface area contributed by atoms with E-state index in [-0.39, 0.29) is 0 Å². The van der Waals surface area contributed by atoms with E-state index in [4.69, 9.17) is 4.42 Å². The van der Waals surface area contributed by atoms with Crippen molar-refractivity contribution >= 4 is 75.0 Å². The molecule has 0 N–H and O–H groups in total. The second kappa shape index (κ2) is 8.94. The third kappa shape index (κ3) is 3.59. The Morgan fingerprint density at radius 1 is 0.575 bits per heavy atom. The SMILES string of the molecule is CC(C)c1ccc2sc3cc(CC(C)c4ccc5oc6ccc7ccccc7c6c5c4)c4ccccc4c3c2c1. The summed E-state index contributed by atoms with van der Waals surface area (Å²) in [6.45, 7) is 6.92. The minimum Gasteiger partial charge on any atom is -0.456 e. The summed E-state index contributed by atoms with van der Waals surface area (Å²) >= 11 is 1.93. The van der Waals surface area contributed by atoms with Crippen LogP contribution in [0.5, 0.6) is 0 Å². The van der Waals surface area contributed by atoms with Gasteiger partial charge in [0.15, 0.2) is 0 Å². The fourth-order valence-corrected chi connectivity index (χ4v) is 7.74. The van der Waals surface area contributed by atoms with Crippen LogP contribution in [0.1, 0.15) is 49.3 Å². The van der Waals surface area contributed by atoms with Gasteiger partial charge in [-0.05, 0) is 92.9 Å². The van der Waals surface area contributed by atoms with Crippen molar-refractivity contribution in [2.45, 2.75) is 39.0 Å². The van der Waals surface area contributed by atoms with E-state index in [0.29, 0.717) is 11.8 Å². The zero-order valence-electron chi connectivity index (χ0n) is 23.0. The lowest BCUT2D eigenvalue weighted by Gasteiger charge is -2.15. The van der Waals surface area contributed by atoms with Gasteiger partial charge in [-0.3, -0.25) is 0 Å². The summed E-state index contributed by atoms with van der Waals surface area (Å²) in [4.78, 5) is 0. The molecular weight excluding hydrogens is 504 g/mol. The molecule has 0 aliphatic heterocycles. The molecule has 1 unspecified atom stereocenters. The molecule has 2 heterocycles. The van der Waals surface area contributed by atoms with Crippen LogP contribution >= 0.6 is 11.3 Å². The highest BCUT2D eigenvalue weighted by atomic mass is 32.1. The van der Waals surface area contributed by atoms with E-state index < -0.39 is 0 Å². The first-order valence-electron chi connectivity index (χ1n) is 14.3. The topological polar surface area (TPSA) is 13.1 Å². The summed E-state index contributed by atoms with van der Waals surface area (Å²) in [7, 11) is 0. The molecule has 1 nitrogen and oxygen atoms in total. The smallest absolute Gasteiger partial charge is 0.136 e. The molecule has 1 atom stereocenters. The van der Waals surface area contributed by atoms with E-state index in [1.165, 1.54) is 69.2 Å². The van der Waals surface area contributed by atoms with Crippen LogP contribution in [0.3, 0.4) is 0 Å². The molecule has 0 saturated heterocycles. The summed E-state index contributed by atoms with van der Waals surface area (Å²) < 4.78 is 9.04. The maximum absolute atomic E-state index is 6.27. The first-order chi connectivity index (χ1) is 19.5. The molecule has 2 heteroatoms. The minimum absolute atomic E-state index is 0.368. The Morgan fingerprint density at radius 3 is 2.15 bits per heavy atom. The van der Waals surface area contributed by atoms with Gasteiger partial charge in [0.1, 0.15) is 11.2 Å². The fourth-order valence-electron chi connectivity index (χ4n) is 6.58. The maximum atomic E-state index is 6.27. The molecule has 0 aliphatic carbocycles. The van der Waals surface area contributed by atoms with Gasteiger partial charge in [0.2, 0.25) is 0 Å². The number of rotatable bonds is 4. The zero-order chi connectivity index (χ0) is 27.0. The molecule has 0 radical (unpaired) electrons. The lowest BCUT2D eigenvalue weighted by atomic mass is 9.89. The average molecular weight is 535 g/mol. The van der Waals surface area contributed by atoms with Gasteiger partial charge >= 0.3 is 0 Å². The highest BCUT2D eigenvalue weighted by Crippen LogP contribution is 2.42. The van der Waals surface area contributed by atoms with E-state index in [2.05, 4.69) is 124 Å². The molecule has 0 saturated carbocycles. The minimum atomic E-state index is 0.368. The average Bonchev–Trinajstić information content (AvgIpc) is 3.54. The maximum Gasteiger partial charge on any atom is 0.136 e. The summed E-state index contributed by atoms with van der Waals surface area (Å²) in [6.07, 6.45) is 0.990. The van der Waals surface area contributed by atoms with Crippen LogP contribution in [0, 0.1) is 0 Å². The Hall–Kier alpha value is -4.14. The first-order valence-corrected chi connectivity index (χ1v) is 15.1. The van der Waals surface area contributed by atoms with Crippen molar-refractivity contribution in [1.29, 1.82) is 0 Å². The predicted octanol–water partition coefficient (Wildman–Crippen LogP) is 11.7. The highest BCUT2D eigenvalue weighted by Gasteiger charge is 2.17. The quantitative estimate of drug-likeness (QED) is 0.219. The van der Waals surface area contributed by atoms with Gasteiger partial charge in [0.05, 0.1) is 0 Å². The number of thiophene rings is 1. The van der Waals surface area contributed by atoms with Gasteiger partial charge in [-0.2, -0.15) is 0 Å². The number of hydrogen-bond acceptors (Lipinski definition) is 2. The standard InChI is InChI=1S/C38H30OS/c1-22(2)25-14-17-35-32(19-25)38-30-11-7-6-9-28(30)27(21-36(38)40-35)18-23(3)26-13-15-33-31(20-26)37-29-10-5-4-8-24(29)12-16-34(37)39-33/h4-17,19-23H,18H2,1-3H3. The van der Waals surface area contributed by atoms with E-state index >= 15 is 0 Å². The van der Waals surface area contributed by atoms with Crippen LogP contribution in [0.25, 0.3) is 63.7 Å². The molecule has 0 aliphatic rings. The molecule has 40 heavy (non-hydrogen) atoms. The molecule has 2 aromatic heterocycles. The Morgan fingerprint density at radius 2 is 1.30 bits per heavy atom. The van der Waals surface area contributed by atoms with Gasteiger partial charge in [-0.25, -0.2) is 0 Å². The van der Waals surface area contributed by atoms with Crippen LogP contribution in [0.4, 0.5) is 0 Å². The predicted molar refractivity (Wildman–Crippen MR) is 174 cm³/mol. The number of furan rings is 1. The lowest BCUT2D eigenvalue weighted by molar-refractivity contribution is 0.668. The van der Waals surface area contributed by atoms with Crippen molar-refractivity contribution < 1.29 is 4.42 Å². The van der Waals surface area contributed by atoms with Crippen molar-refractivity contribution in [3.05, 3.63) is 120 Å². The number of fused-ring (bicyclic) bond motifs is 10. The van der Waals surface area contributed by atoms with Crippen LogP contribution in [-0.4, -0.2) is 0 Å². The van der Waals surface area contributed by atoms with Gasteiger partial charge in [0, 0.05) is 30.9 Å². The van der Waals surface area contributed by atoms with Gasteiger partial charge < -0.3 is 4.42 Å². The molecule has 8 rings (SSSR count). The molecule has 0 amide bonds. The number of hydrogen-bond donors (Lipinski definition) is 0. The molecule has 6 aromatic carbocycles. The van der Waals surface area contributed by atoms with Crippen LogP contribution in [-0.2, 0) is 6.42 Å². The second-order valence-electron chi connectivity index (χ2n) is 11.6. The second-order valence-corrected chi connectivity index (χ2v) is 12.7. The van der Waals surface area contributed by atoms with Gasteiger partial charge in [-0.1, -0.05) is 87.5 Å². The summed E-state index contributed by atoms with van der Waals surface area (Å²) in [5.74, 6) is 0.889. The van der Waals surface area contributed by atoms with Crippen LogP contribution < -0.4 is 0 Å². The Kier molecular flexibility index (Phi) is 5.30. The highest BCUT2D eigenvalue weighted by molar-refractivity contribution is 7.26. The fraction of sp³-hybridized carbons (Fsp3) is 0.158. The van der Waals surface area contributed by atoms with E-state index in [1.807, 2.05) is 11.3 Å². The number of benzene rings is 6. The molecule has 194 valence electrons. The third-order valence-electron chi connectivity index (χ3n) is 8.73. The molecule has 0 fully saturated rings. The van der Waals surface area contributed by atoms with Gasteiger partial charge in [-0.15, -0.1) is 11.3 Å². The van der Waals surface area contributed by atoms with E-state index in [9.17, 15) is 0 Å². The molecule has 0 bridgehead atoms. The first kappa shape index (κ1) is 23.7. The van der Waals surface area contributed by atoms with Crippen molar-refractivity contribution in [2.24, 2.45) is 0 Å². The summed E-state index contributed by atoms with van der Waals surface area (Å²) in [6, 6.07) is 38.2. The van der Waals surface area contributed by atoms with Gasteiger partial charge in [0.25, 0.3) is 0 Å². The molecule has 0 spiro atoms. The lowest BCUT2D eigenvalue weighted by Crippen LogP contribution is -1.99. The van der Waals surface area contributed by atoms with Crippen molar-refractivity contribution in [3.8, 4) is 0 Å². The Bertz CT molecular complexity index is 2240. The largest absolute Gasteiger partial charge is 0.456 e. The molecule has 8 aromatic rings. The monoisotopic (exact) mass is 534 g/mol. The van der Waals surface area contributed by atoms with Crippen molar-refractivity contribution in [1.82, 2.24) is 0 Å². The summed E-state index contributed by atoms with van der Waals surface area (Å²) in [5.41, 5.74) is 6.10. The zero-order valence-corrected chi connectivity index (χ0v) is 23.8. The summed E-state index contributed by atoms with van der Waals surface area (Å²) in [5, 5.41) is 10.5. The van der Waals surface area contributed by atoms with Crippen LogP contribution in [0.15, 0.2) is 108 Å². The van der Waals surface area contributed by atoms with Crippen LogP contribution in [0.2, 0.25) is 0 Å². The van der Waals surface area contributed by atoms with E-state index in [0.717, 1.165) is 17.6 Å². The normalized spacial score (nSPS) is 13.1.